The number of hydrogen-bond donors (Lipinski definition) is 0. The minimum Gasteiger partial charge on any atom is -0.462 e. The number of esters is 1. The molecule has 2 aliphatic rings. The molecule has 2 aliphatic heterocycles. The summed E-state index contributed by atoms with van der Waals surface area (Å²) in [4.78, 5) is 42.8. The van der Waals surface area contributed by atoms with Crippen LogP contribution in [0.25, 0.3) is 5.57 Å². The van der Waals surface area contributed by atoms with Gasteiger partial charge < -0.3 is 9.64 Å². The summed E-state index contributed by atoms with van der Waals surface area (Å²) in [5.74, 6) is -0.204. The first-order chi connectivity index (χ1) is 15.9. The Bertz CT molecular complexity index is 1070. The fourth-order valence-corrected chi connectivity index (χ4v) is 4.78. The topological polar surface area (TPSA) is 66.9 Å². The first-order valence-electron chi connectivity index (χ1n) is 11.6. The first-order valence-corrected chi connectivity index (χ1v) is 11.6. The standard InChI is InChI=1S/C27H30N2O4/c1-4-14-33-27(32)21-10-12-22(13-11-21)29-25(30)23(20-8-6-5-7-9-20)24(26(29)31)28-16-18(2)15-19(3)17-28/h5-13,18-19H,4,14-17H2,1-3H3. The van der Waals surface area contributed by atoms with Gasteiger partial charge in [0.2, 0.25) is 0 Å². The Morgan fingerprint density at radius 2 is 1.58 bits per heavy atom. The largest absolute Gasteiger partial charge is 0.462 e. The van der Waals surface area contributed by atoms with Crippen LogP contribution in [0.15, 0.2) is 60.3 Å². The third kappa shape index (κ3) is 4.56. The molecule has 2 atom stereocenters. The number of piperidine rings is 1. The van der Waals surface area contributed by atoms with Crippen LogP contribution in [0, 0.1) is 11.8 Å². The van der Waals surface area contributed by atoms with Crippen LogP contribution in [-0.2, 0) is 14.3 Å². The van der Waals surface area contributed by atoms with Gasteiger partial charge in [-0.25, -0.2) is 9.69 Å². The van der Waals surface area contributed by atoms with E-state index in [2.05, 4.69) is 18.7 Å². The van der Waals surface area contributed by atoms with Crippen molar-refractivity contribution in [2.75, 3.05) is 24.6 Å². The molecule has 6 nitrogen and oxygen atoms in total. The molecular weight excluding hydrogens is 416 g/mol. The lowest BCUT2D eigenvalue weighted by molar-refractivity contribution is -0.120. The molecule has 172 valence electrons. The Labute approximate surface area is 194 Å². The van der Waals surface area contributed by atoms with Crippen LogP contribution in [0.4, 0.5) is 5.69 Å². The second kappa shape index (κ2) is 9.61. The van der Waals surface area contributed by atoms with Gasteiger partial charge in [-0.05, 0) is 54.5 Å². The molecule has 2 amide bonds. The van der Waals surface area contributed by atoms with Crippen molar-refractivity contribution in [1.82, 2.24) is 4.90 Å². The van der Waals surface area contributed by atoms with Gasteiger partial charge in [-0.15, -0.1) is 0 Å². The number of benzene rings is 2. The molecule has 0 bridgehead atoms. The zero-order valence-electron chi connectivity index (χ0n) is 19.4. The smallest absolute Gasteiger partial charge is 0.338 e. The Kier molecular flexibility index (Phi) is 6.63. The molecule has 2 aromatic carbocycles. The maximum absolute atomic E-state index is 13.7. The maximum atomic E-state index is 13.7. The van der Waals surface area contributed by atoms with Crippen LogP contribution in [-0.4, -0.2) is 42.4 Å². The number of hydrogen-bond acceptors (Lipinski definition) is 5. The van der Waals surface area contributed by atoms with E-state index in [1.54, 1.807) is 24.3 Å². The number of rotatable bonds is 6. The quantitative estimate of drug-likeness (QED) is 0.482. The van der Waals surface area contributed by atoms with Crippen molar-refractivity contribution >= 4 is 29.0 Å². The van der Waals surface area contributed by atoms with Crippen molar-refractivity contribution in [3.05, 3.63) is 71.4 Å². The highest BCUT2D eigenvalue weighted by Gasteiger charge is 2.43. The fraction of sp³-hybridized carbons (Fsp3) is 0.370. The molecule has 0 aromatic heterocycles. The summed E-state index contributed by atoms with van der Waals surface area (Å²) in [5.41, 5.74) is 2.48. The molecular formula is C27H30N2O4. The summed E-state index contributed by atoms with van der Waals surface area (Å²) >= 11 is 0. The average molecular weight is 447 g/mol. The average Bonchev–Trinajstić information content (AvgIpc) is 3.07. The predicted octanol–water partition coefficient (Wildman–Crippen LogP) is 4.52. The summed E-state index contributed by atoms with van der Waals surface area (Å²) in [7, 11) is 0. The van der Waals surface area contributed by atoms with Crippen LogP contribution >= 0.6 is 0 Å². The lowest BCUT2D eigenvalue weighted by Crippen LogP contribution is -2.42. The van der Waals surface area contributed by atoms with Crippen LogP contribution in [0.1, 0.15) is 49.5 Å². The van der Waals surface area contributed by atoms with Gasteiger partial charge in [0, 0.05) is 13.1 Å². The lowest BCUT2D eigenvalue weighted by atomic mass is 9.91. The van der Waals surface area contributed by atoms with E-state index >= 15 is 0 Å². The molecule has 2 heterocycles. The zero-order valence-corrected chi connectivity index (χ0v) is 19.4. The Balaban J connectivity index is 1.70. The molecule has 0 N–H and O–H groups in total. The number of nitrogens with zero attached hydrogens (tertiary/aromatic N) is 2. The van der Waals surface area contributed by atoms with Gasteiger partial charge in [0.05, 0.1) is 23.4 Å². The third-order valence-electron chi connectivity index (χ3n) is 6.11. The summed E-state index contributed by atoms with van der Waals surface area (Å²) in [6.07, 6.45) is 1.84. The molecule has 4 rings (SSSR count). The fourth-order valence-electron chi connectivity index (χ4n) is 4.78. The van der Waals surface area contributed by atoms with Gasteiger partial charge in [-0.1, -0.05) is 51.1 Å². The molecule has 0 aliphatic carbocycles. The van der Waals surface area contributed by atoms with Crippen molar-refractivity contribution in [2.45, 2.75) is 33.6 Å². The normalized spacial score (nSPS) is 21.1. The molecule has 2 unspecified atom stereocenters. The van der Waals surface area contributed by atoms with Gasteiger partial charge in [0.15, 0.2) is 0 Å². The minimum atomic E-state index is -0.414. The van der Waals surface area contributed by atoms with Crippen molar-refractivity contribution in [1.29, 1.82) is 0 Å². The number of carbonyl (C=O) groups is 3. The SMILES string of the molecule is CCCOC(=O)c1ccc(N2C(=O)C(c3ccccc3)=C(N3CC(C)CC(C)C3)C2=O)cc1. The highest BCUT2D eigenvalue weighted by atomic mass is 16.5. The molecule has 33 heavy (non-hydrogen) atoms. The Morgan fingerprint density at radius 3 is 2.18 bits per heavy atom. The Hall–Kier alpha value is -3.41. The minimum absolute atomic E-state index is 0.318. The first kappa shape index (κ1) is 22.8. The van der Waals surface area contributed by atoms with Crippen molar-refractivity contribution < 1.29 is 19.1 Å². The summed E-state index contributed by atoms with van der Waals surface area (Å²) in [6.45, 7) is 8.13. The molecule has 1 saturated heterocycles. The molecule has 0 spiro atoms. The zero-order chi connectivity index (χ0) is 23.5. The predicted molar refractivity (Wildman–Crippen MR) is 127 cm³/mol. The van der Waals surface area contributed by atoms with Crippen molar-refractivity contribution in [3.8, 4) is 0 Å². The summed E-state index contributed by atoms with van der Waals surface area (Å²) in [6, 6.07) is 15.8. The number of likely N-dealkylation sites (tertiary alicyclic amines) is 1. The Morgan fingerprint density at radius 1 is 0.939 bits per heavy atom. The van der Waals surface area contributed by atoms with E-state index in [-0.39, 0.29) is 11.8 Å². The monoisotopic (exact) mass is 446 g/mol. The maximum Gasteiger partial charge on any atom is 0.338 e. The van der Waals surface area contributed by atoms with E-state index in [1.807, 2.05) is 37.3 Å². The van der Waals surface area contributed by atoms with E-state index in [1.165, 1.54) is 4.90 Å². The molecule has 2 aromatic rings. The third-order valence-corrected chi connectivity index (χ3v) is 6.11. The summed E-state index contributed by atoms with van der Waals surface area (Å²) < 4.78 is 5.17. The van der Waals surface area contributed by atoms with Gasteiger partial charge in [-0.2, -0.15) is 0 Å². The van der Waals surface area contributed by atoms with Crippen LogP contribution in [0.3, 0.4) is 0 Å². The highest BCUT2D eigenvalue weighted by Crippen LogP contribution is 2.37. The summed E-state index contributed by atoms with van der Waals surface area (Å²) in [5, 5.41) is 0. The van der Waals surface area contributed by atoms with Crippen molar-refractivity contribution in [3.63, 3.8) is 0 Å². The van der Waals surface area contributed by atoms with E-state index in [0.717, 1.165) is 31.5 Å². The van der Waals surface area contributed by atoms with Gasteiger partial charge in [0.1, 0.15) is 5.70 Å². The number of anilines is 1. The van der Waals surface area contributed by atoms with Crippen LogP contribution < -0.4 is 4.90 Å². The van der Waals surface area contributed by atoms with Crippen LogP contribution in [0.2, 0.25) is 0 Å². The number of amides is 2. The lowest BCUT2D eigenvalue weighted by Gasteiger charge is -2.37. The second-order valence-corrected chi connectivity index (χ2v) is 9.07. The van der Waals surface area contributed by atoms with Crippen LogP contribution in [0.5, 0.6) is 0 Å². The molecule has 1 fully saturated rings. The van der Waals surface area contributed by atoms with Gasteiger partial charge in [0.25, 0.3) is 11.8 Å². The number of imide groups is 1. The van der Waals surface area contributed by atoms with E-state index in [4.69, 9.17) is 4.74 Å². The van der Waals surface area contributed by atoms with E-state index < -0.39 is 5.97 Å². The highest BCUT2D eigenvalue weighted by molar-refractivity contribution is 6.45. The molecule has 0 radical (unpaired) electrons. The molecule has 6 heteroatoms. The number of ether oxygens (including phenoxy) is 1. The molecule has 0 saturated carbocycles. The second-order valence-electron chi connectivity index (χ2n) is 9.07. The van der Waals surface area contributed by atoms with Gasteiger partial charge in [-0.3, -0.25) is 9.59 Å². The van der Waals surface area contributed by atoms with Gasteiger partial charge >= 0.3 is 5.97 Å². The van der Waals surface area contributed by atoms with E-state index in [9.17, 15) is 14.4 Å². The number of carbonyl (C=O) groups excluding carboxylic acids is 3. The van der Waals surface area contributed by atoms with Crippen molar-refractivity contribution in [2.24, 2.45) is 11.8 Å². The van der Waals surface area contributed by atoms with E-state index in [0.29, 0.717) is 41.0 Å².